The van der Waals surface area contributed by atoms with Gasteiger partial charge >= 0.3 is 5.97 Å². The molecule has 1 heterocycles. The highest BCUT2D eigenvalue weighted by Gasteiger charge is 2.40. The van der Waals surface area contributed by atoms with Gasteiger partial charge in [-0.25, -0.2) is 0 Å². The predicted octanol–water partition coefficient (Wildman–Crippen LogP) is 0.366. The second-order valence-electron chi connectivity index (χ2n) is 10.9. The number of carboxylic acids is 1. The normalized spacial score (nSPS) is 17.2. The van der Waals surface area contributed by atoms with E-state index < -0.39 is 35.5 Å². The van der Waals surface area contributed by atoms with Gasteiger partial charge in [0.1, 0.15) is 17.6 Å². The van der Waals surface area contributed by atoms with Crippen LogP contribution in [-0.2, 0) is 25.6 Å². The number of piperidine rings is 1. The van der Waals surface area contributed by atoms with Gasteiger partial charge in [0.05, 0.1) is 6.04 Å². The zero-order valence-corrected chi connectivity index (χ0v) is 23.4. The first-order valence-electron chi connectivity index (χ1n) is 13.8. The van der Waals surface area contributed by atoms with E-state index in [1.807, 2.05) is 44.2 Å². The van der Waals surface area contributed by atoms with Crippen LogP contribution in [0.5, 0.6) is 0 Å². The zero-order chi connectivity index (χ0) is 29.0. The number of carbonyl (C=O) groups is 4. The van der Waals surface area contributed by atoms with E-state index in [9.17, 15) is 24.3 Å². The number of nitrogens with zero attached hydrogens (tertiary/aromatic N) is 1. The number of likely N-dealkylation sites (tertiary alicyclic amines) is 1. The lowest BCUT2D eigenvalue weighted by molar-refractivity contribution is -0.148. The van der Waals surface area contributed by atoms with Crippen LogP contribution in [0.15, 0.2) is 30.3 Å². The second-order valence-corrected chi connectivity index (χ2v) is 10.9. The largest absolute Gasteiger partial charge is 0.480 e. The standard InChI is InChI=1S/C28H46N6O5/c1-19(2)17-23(33-24(35)22(31-3)18-20-9-5-4-6-10-20)25(36)32-21(11-7-8-14-29)26(37)34-15-12-28(30,13-16-34)27(38)39/h4-6,9-10,19,21-23,31H,7-8,11-18,29-30H2,1-3H3,(H,32,36)(H,33,35)(H,38,39)/t21?,22?,23-/m1/s1. The van der Waals surface area contributed by atoms with Gasteiger partial charge in [-0.1, -0.05) is 44.2 Å². The number of nitrogens with one attached hydrogen (secondary N) is 3. The molecule has 0 aromatic heterocycles. The van der Waals surface area contributed by atoms with Crippen LogP contribution in [0, 0.1) is 5.92 Å². The highest BCUT2D eigenvalue weighted by atomic mass is 16.4. The van der Waals surface area contributed by atoms with Crippen molar-refractivity contribution in [2.45, 2.75) is 82.5 Å². The number of amides is 3. The van der Waals surface area contributed by atoms with E-state index in [2.05, 4.69) is 16.0 Å². The lowest BCUT2D eigenvalue weighted by Gasteiger charge is -2.38. The highest BCUT2D eigenvalue weighted by molar-refractivity contribution is 5.93. The topological polar surface area (TPSA) is 180 Å². The number of likely N-dealkylation sites (N-methyl/N-ethyl adjacent to an activating group) is 1. The average Bonchev–Trinajstić information content (AvgIpc) is 2.91. The minimum absolute atomic E-state index is 0.116. The third-order valence-corrected chi connectivity index (χ3v) is 7.24. The molecule has 3 atom stereocenters. The van der Waals surface area contributed by atoms with E-state index in [-0.39, 0.29) is 43.7 Å². The van der Waals surface area contributed by atoms with E-state index in [4.69, 9.17) is 11.5 Å². The van der Waals surface area contributed by atoms with Gasteiger partial charge in [0, 0.05) is 13.1 Å². The first kappa shape index (κ1) is 32.2. The molecule has 1 aromatic carbocycles. The Bertz CT molecular complexity index is 949. The Morgan fingerprint density at radius 3 is 2.10 bits per heavy atom. The molecule has 0 aliphatic carbocycles. The number of unbranched alkanes of at least 4 members (excludes halogenated alkanes) is 1. The van der Waals surface area contributed by atoms with Crippen molar-refractivity contribution in [1.29, 1.82) is 0 Å². The number of nitrogens with two attached hydrogens (primary N) is 2. The van der Waals surface area contributed by atoms with Crippen molar-refractivity contribution in [2.24, 2.45) is 17.4 Å². The Balaban J connectivity index is 2.12. The van der Waals surface area contributed by atoms with Crippen molar-refractivity contribution in [3.63, 3.8) is 0 Å². The Hall–Kier alpha value is -3.02. The van der Waals surface area contributed by atoms with Gasteiger partial charge in [-0.2, -0.15) is 0 Å². The summed E-state index contributed by atoms with van der Waals surface area (Å²) in [6.45, 7) is 4.78. The summed E-state index contributed by atoms with van der Waals surface area (Å²) in [5.41, 5.74) is 11.2. The molecule has 11 heteroatoms. The summed E-state index contributed by atoms with van der Waals surface area (Å²) < 4.78 is 0. The molecule has 1 aliphatic rings. The summed E-state index contributed by atoms with van der Waals surface area (Å²) in [6, 6.07) is 7.46. The van der Waals surface area contributed by atoms with E-state index in [1.54, 1.807) is 11.9 Å². The van der Waals surface area contributed by atoms with E-state index in [1.165, 1.54) is 0 Å². The SMILES string of the molecule is CNC(Cc1ccccc1)C(=O)N[C@H](CC(C)C)C(=O)NC(CCCCN)C(=O)N1CCC(N)(C(=O)O)CC1. The smallest absolute Gasteiger partial charge is 0.323 e. The fraction of sp³-hybridized carbons (Fsp3) is 0.643. The molecule has 2 rings (SSSR count). The van der Waals surface area contributed by atoms with Gasteiger partial charge in [-0.3, -0.25) is 19.2 Å². The molecule has 1 fully saturated rings. The third-order valence-electron chi connectivity index (χ3n) is 7.24. The first-order valence-corrected chi connectivity index (χ1v) is 13.8. The van der Waals surface area contributed by atoms with Crippen molar-refractivity contribution in [3.05, 3.63) is 35.9 Å². The summed E-state index contributed by atoms with van der Waals surface area (Å²) in [7, 11) is 1.70. The van der Waals surface area contributed by atoms with Crippen LogP contribution in [0.25, 0.3) is 0 Å². The van der Waals surface area contributed by atoms with Crippen LogP contribution in [0.4, 0.5) is 0 Å². The fourth-order valence-electron chi connectivity index (χ4n) is 4.73. The maximum absolute atomic E-state index is 13.5. The molecular weight excluding hydrogens is 500 g/mol. The molecule has 39 heavy (non-hydrogen) atoms. The molecule has 1 saturated heterocycles. The number of benzene rings is 1. The van der Waals surface area contributed by atoms with Crippen LogP contribution >= 0.6 is 0 Å². The van der Waals surface area contributed by atoms with Crippen molar-refractivity contribution >= 4 is 23.7 Å². The van der Waals surface area contributed by atoms with Crippen LogP contribution in [-0.4, -0.2) is 84.0 Å². The minimum atomic E-state index is -1.36. The summed E-state index contributed by atoms with van der Waals surface area (Å²) in [5, 5.41) is 18.2. The van der Waals surface area contributed by atoms with Gasteiger partial charge in [0.2, 0.25) is 17.7 Å². The zero-order valence-electron chi connectivity index (χ0n) is 23.4. The molecule has 11 nitrogen and oxygen atoms in total. The molecule has 2 unspecified atom stereocenters. The number of rotatable bonds is 15. The van der Waals surface area contributed by atoms with Gasteiger partial charge < -0.3 is 37.4 Å². The molecule has 3 amide bonds. The molecule has 1 aromatic rings. The number of carbonyl (C=O) groups excluding carboxylic acids is 3. The van der Waals surface area contributed by atoms with Gasteiger partial charge in [-0.05, 0) is 70.0 Å². The Labute approximate surface area is 231 Å². The minimum Gasteiger partial charge on any atom is -0.480 e. The second kappa shape index (κ2) is 15.5. The molecule has 218 valence electrons. The van der Waals surface area contributed by atoms with Crippen LogP contribution in [0.1, 0.15) is 57.9 Å². The summed E-state index contributed by atoms with van der Waals surface area (Å²) >= 11 is 0. The summed E-state index contributed by atoms with van der Waals surface area (Å²) in [6.07, 6.45) is 2.86. The van der Waals surface area contributed by atoms with Crippen LogP contribution in [0.2, 0.25) is 0 Å². The van der Waals surface area contributed by atoms with E-state index in [0.29, 0.717) is 38.6 Å². The molecule has 0 radical (unpaired) electrons. The third kappa shape index (κ3) is 9.90. The fourth-order valence-corrected chi connectivity index (χ4v) is 4.73. The van der Waals surface area contributed by atoms with Crippen molar-refractivity contribution in [3.8, 4) is 0 Å². The molecule has 0 spiro atoms. The number of aliphatic carboxylic acids is 1. The summed E-state index contributed by atoms with van der Waals surface area (Å²) in [4.78, 5) is 53.1. The van der Waals surface area contributed by atoms with Crippen LogP contribution < -0.4 is 27.4 Å². The van der Waals surface area contributed by atoms with Crippen molar-refractivity contribution in [1.82, 2.24) is 20.9 Å². The molecular formula is C28H46N6O5. The molecule has 0 bridgehead atoms. The Morgan fingerprint density at radius 1 is 0.974 bits per heavy atom. The lowest BCUT2D eigenvalue weighted by atomic mass is 9.88. The maximum atomic E-state index is 13.5. The Kier molecular flexibility index (Phi) is 12.8. The van der Waals surface area contributed by atoms with Crippen molar-refractivity contribution in [2.75, 3.05) is 26.7 Å². The van der Waals surface area contributed by atoms with Gasteiger partial charge in [-0.15, -0.1) is 0 Å². The van der Waals surface area contributed by atoms with Crippen molar-refractivity contribution < 1.29 is 24.3 Å². The quantitative estimate of drug-likeness (QED) is 0.171. The lowest BCUT2D eigenvalue weighted by Crippen LogP contribution is -2.60. The number of carboxylic acid groups (broad SMARTS) is 1. The number of hydrogen-bond donors (Lipinski definition) is 6. The summed E-state index contributed by atoms with van der Waals surface area (Å²) in [5.74, 6) is -1.96. The maximum Gasteiger partial charge on any atom is 0.323 e. The Morgan fingerprint density at radius 2 is 1.56 bits per heavy atom. The van der Waals surface area contributed by atoms with Crippen LogP contribution in [0.3, 0.4) is 0 Å². The number of hydrogen-bond acceptors (Lipinski definition) is 7. The van der Waals surface area contributed by atoms with Gasteiger partial charge in [0.15, 0.2) is 0 Å². The molecule has 1 aliphatic heterocycles. The van der Waals surface area contributed by atoms with Gasteiger partial charge in [0.25, 0.3) is 0 Å². The first-order chi connectivity index (χ1) is 18.5. The molecule has 0 saturated carbocycles. The van der Waals surface area contributed by atoms with E-state index >= 15 is 0 Å². The monoisotopic (exact) mass is 546 g/mol. The van der Waals surface area contributed by atoms with E-state index in [0.717, 1.165) is 5.56 Å². The highest BCUT2D eigenvalue weighted by Crippen LogP contribution is 2.21. The molecule has 8 N–H and O–H groups in total. The average molecular weight is 547 g/mol. The predicted molar refractivity (Wildman–Crippen MR) is 150 cm³/mol.